The first-order chi connectivity index (χ1) is 13.9. The molecular weight excluding hydrogens is 344 g/mol. The third kappa shape index (κ3) is 1.63. The standard InChI is InChI=1S/C24H14N4/c1-2-5-15-14(4-1)12-18-16(15)7-8-21-23(18)27-24-19-13-25-11-9-17(19)22-20(28(21)24)6-3-10-26-22/h1-11,13H,12H2. The maximum atomic E-state index is 5.14. The van der Waals surface area contributed by atoms with Gasteiger partial charge < -0.3 is 0 Å². The van der Waals surface area contributed by atoms with Crippen molar-refractivity contribution in [3.63, 3.8) is 0 Å². The second kappa shape index (κ2) is 4.93. The Balaban J connectivity index is 1.72. The Morgan fingerprint density at radius 3 is 2.68 bits per heavy atom. The van der Waals surface area contributed by atoms with Crippen molar-refractivity contribution >= 4 is 38.5 Å². The van der Waals surface area contributed by atoms with E-state index < -0.39 is 0 Å². The zero-order chi connectivity index (χ0) is 18.2. The Hall–Kier alpha value is -3.79. The van der Waals surface area contributed by atoms with Crippen molar-refractivity contribution in [1.29, 1.82) is 0 Å². The van der Waals surface area contributed by atoms with E-state index in [0.717, 1.165) is 44.9 Å². The highest BCUT2D eigenvalue weighted by molar-refractivity contribution is 6.12. The van der Waals surface area contributed by atoms with E-state index in [4.69, 9.17) is 4.98 Å². The number of aromatic nitrogens is 4. The number of fused-ring (bicyclic) bond motifs is 12. The number of hydrogen-bond donors (Lipinski definition) is 0. The second-order valence-electron chi connectivity index (χ2n) is 7.36. The molecule has 4 heteroatoms. The summed E-state index contributed by atoms with van der Waals surface area (Å²) in [7, 11) is 0. The lowest BCUT2D eigenvalue weighted by Gasteiger charge is -2.07. The Labute approximate surface area is 160 Å². The van der Waals surface area contributed by atoms with Crippen LogP contribution in [-0.2, 0) is 6.42 Å². The molecule has 0 bridgehead atoms. The SMILES string of the molecule is c1ccc2c(c1)Cc1c-2ccc2c1nc1c3cnccc3c3ncccc3n21. The van der Waals surface area contributed by atoms with Gasteiger partial charge >= 0.3 is 0 Å². The lowest BCUT2D eigenvalue weighted by Crippen LogP contribution is -1.93. The highest BCUT2D eigenvalue weighted by Crippen LogP contribution is 2.41. The first-order valence-corrected chi connectivity index (χ1v) is 9.43. The normalized spacial score (nSPS) is 12.9. The summed E-state index contributed by atoms with van der Waals surface area (Å²) < 4.78 is 2.24. The van der Waals surface area contributed by atoms with Crippen LogP contribution in [0, 0.1) is 0 Å². The Bertz CT molecular complexity index is 1590. The van der Waals surface area contributed by atoms with Crippen LogP contribution in [0.3, 0.4) is 0 Å². The highest BCUT2D eigenvalue weighted by atomic mass is 15.0. The summed E-state index contributed by atoms with van der Waals surface area (Å²) in [5, 5.41) is 2.13. The summed E-state index contributed by atoms with van der Waals surface area (Å²) in [6, 6.07) is 19.2. The minimum absolute atomic E-state index is 0.930. The molecule has 4 nitrogen and oxygen atoms in total. The lowest BCUT2D eigenvalue weighted by atomic mass is 10.1. The van der Waals surface area contributed by atoms with Crippen molar-refractivity contribution in [2.45, 2.75) is 6.42 Å². The number of rotatable bonds is 0. The molecule has 0 fully saturated rings. The summed E-state index contributed by atoms with van der Waals surface area (Å²) in [6.45, 7) is 0. The molecule has 0 amide bonds. The Morgan fingerprint density at radius 2 is 1.68 bits per heavy atom. The summed E-state index contributed by atoms with van der Waals surface area (Å²) in [5.41, 5.74) is 10.5. The maximum Gasteiger partial charge on any atom is 0.148 e. The molecule has 4 aromatic heterocycles. The fourth-order valence-electron chi connectivity index (χ4n) is 4.75. The smallest absolute Gasteiger partial charge is 0.148 e. The van der Waals surface area contributed by atoms with Crippen LogP contribution >= 0.6 is 0 Å². The van der Waals surface area contributed by atoms with Crippen LogP contribution in [0.5, 0.6) is 0 Å². The van der Waals surface area contributed by atoms with E-state index in [9.17, 15) is 0 Å². The molecule has 0 saturated carbocycles. The van der Waals surface area contributed by atoms with E-state index in [1.54, 1.807) is 0 Å². The molecule has 0 aliphatic heterocycles. The fraction of sp³-hybridized carbons (Fsp3) is 0.0417. The summed E-state index contributed by atoms with van der Waals surface area (Å²) in [4.78, 5) is 14.2. The van der Waals surface area contributed by atoms with Crippen LogP contribution in [0.25, 0.3) is 49.6 Å². The second-order valence-corrected chi connectivity index (χ2v) is 7.36. The molecule has 1 aliphatic carbocycles. The average molecular weight is 358 g/mol. The molecule has 130 valence electrons. The molecule has 0 saturated heterocycles. The molecule has 6 aromatic rings. The van der Waals surface area contributed by atoms with Crippen molar-refractivity contribution in [1.82, 2.24) is 19.4 Å². The third-order valence-electron chi connectivity index (χ3n) is 5.95. The maximum absolute atomic E-state index is 5.14. The van der Waals surface area contributed by atoms with Gasteiger partial charge in [-0.3, -0.25) is 14.4 Å². The number of benzene rings is 2. The van der Waals surface area contributed by atoms with Crippen molar-refractivity contribution in [2.24, 2.45) is 0 Å². The van der Waals surface area contributed by atoms with Gasteiger partial charge in [-0.1, -0.05) is 30.3 Å². The highest BCUT2D eigenvalue weighted by Gasteiger charge is 2.23. The lowest BCUT2D eigenvalue weighted by molar-refractivity contribution is 1.27. The largest absolute Gasteiger partial charge is 0.290 e. The van der Waals surface area contributed by atoms with Gasteiger partial charge in [-0.2, -0.15) is 0 Å². The third-order valence-corrected chi connectivity index (χ3v) is 5.95. The van der Waals surface area contributed by atoms with Gasteiger partial charge in [-0.25, -0.2) is 4.98 Å². The zero-order valence-corrected chi connectivity index (χ0v) is 14.9. The molecule has 0 spiro atoms. The van der Waals surface area contributed by atoms with Gasteiger partial charge in [0.2, 0.25) is 0 Å². The van der Waals surface area contributed by atoms with Gasteiger partial charge in [0.15, 0.2) is 0 Å². The van der Waals surface area contributed by atoms with Gasteiger partial charge in [0.05, 0.1) is 22.1 Å². The van der Waals surface area contributed by atoms with Crippen LogP contribution in [0.2, 0.25) is 0 Å². The average Bonchev–Trinajstić information content (AvgIpc) is 3.33. The van der Waals surface area contributed by atoms with Crippen LogP contribution < -0.4 is 0 Å². The van der Waals surface area contributed by atoms with E-state index >= 15 is 0 Å². The number of hydrogen-bond acceptors (Lipinski definition) is 3. The van der Waals surface area contributed by atoms with Crippen LogP contribution in [0.15, 0.2) is 73.2 Å². The molecule has 1 aliphatic rings. The summed E-state index contributed by atoms with van der Waals surface area (Å²) >= 11 is 0. The molecule has 0 N–H and O–H groups in total. The van der Waals surface area contributed by atoms with Gasteiger partial charge in [0.25, 0.3) is 0 Å². The summed E-state index contributed by atoms with van der Waals surface area (Å²) in [5.74, 6) is 0. The monoisotopic (exact) mass is 358 g/mol. The van der Waals surface area contributed by atoms with E-state index in [0.29, 0.717) is 0 Å². The molecule has 28 heavy (non-hydrogen) atoms. The molecule has 7 rings (SSSR count). The molecule has 0 radical (unpaired) electrons. The first kappa shape index (κ1) is 14.3. The fourth-order valence-corrected chi connectivity index (χ4v) is 4.75. The molecular formula is C24H14N4. The molecule has 2 aromatic carbocycles. The first-order valence-electron chi connectivity index (χ1n) is 9.43. The van der Waals surface area contributed by atoms with Crippen LogP contribution in [0.1, 0.15) is 11.1 Å². The van der Waals surface area contributed by atoms with Gasteiger partial charge in [0, 0.05) is 35.8 Å². The van der Waals surface area contributed by atoms with Gasteiger partial charge in [-0.05, 0) is 46.5 Å². The van der Waals surface area contributed by atoms with E-state index in [-0.39, 0.29) is 0 Å². The van der Waals surface area contributed by atoms with Crippen molar-refractivity contribution in [2.75, 3.05) is 0 Å². The van der Waals surface area contributed by atoms with Crippen LogP contribution in [0.4, 0.5) is 0 Å². The van der Waals surface area contributed by atoms with Crippen molar-refractivity contribution in [3.8, 4) is 11.1 Å². The molecule has 4 heterocycles. The van der Waals surface area contributed by atoms with Gasteiger partial charge in [-0.15, -0.1) is 0 Å². The number of imidazole rings is 1. The zero-order valence-electron chi connectivity index (χ0n) is 14.9. The van der Waals surface area contributed by atoms with E-state index in [1.807, 2.05) is 30.7 Å². The Morgan fingerprint density at radius 1 is 0.750 bits per heavy atom. The van der Waals surface area contributed by atoms with Crippen LogP contribution in [-0.4, -0.2) is 19.4 Å². The van der Waals surface area contributed by atoms with E-state index in [2.05, 4.69) is 56.8 Å². The van der Waals surface area contributed by atoms with Crippen molar-refractivity contribution < 1.29 is 0 Å². The van der Waals surface area contributed by atoms with Gasteiger partial charge in [0.1, 0.15) is 5.65 Å². The number of pyridine rings is 3. The minimum Gasteiger partial charge on any atom is -0.290 e. The number of nitrogens with zero attached hydrogens (tertiary/aromatic N) is 4. The summed E-state index contributed by atoms with van der Waals surface area (Å²) in [6.07, 6.45) is 6.50. The Kier molecular flexibility index (Phi) is 2.51. The molecule has 0 unspecified atom stereocenters. The minimum atomic E-state index is 0.930. The predicted molar refractivity (Wildman–Crippen MR) is 112 cm³/mol. The predicted octanol–water partition coefficient (Wildman–Crippen LogP) is 5.16. The molecule has 0 atom stereocenters. The van der Waals surface area contributed by atoms with Crippen molar-refractivity contribution in [3.05, 3.63) is 84.3 Å². The van der Waals surface area contributed by atoms with E-state index in [1.165, 1.54) is 22.3 Å². The topological polar surface area (TPSA) is 43.1 Å². The quantitative estimate of drug-likeness (QED) is 0.352.